The van der Waals surface area contributed by atoms with Gasteiger partial charge >= 0.3 is 0 Å². The van der Waals surface area contributed by atoms with Gasteiger partial charge in [-0.05, 0) is 48.9 Å². The minimum Gasteiger partial charge on any atom is -0.369 e. The van der Waals surface area contributed by atoms with Gasteiger partial charge in [-0.1, -0.05) is 41.4 Å². The zero-order chi connectivity index (χ0) is 20.4. The molecule has 1 fully saturated rings. The third kappa shape index (κ3) is 4.49. The van der Waals surface area contributed by atoms with Crippen LogP contribution in [0, 0.1) is 5.92 Å². The number of benzene rings is 1. The van der Waals surface area contributed by atoms with Gasteiger partial charge in [0.15, 0.2) is 0 Å². The normalized spacial score (nSPS) is 19.7. The van der Waals surface area contributed by atoms with E-state index in [4.69, 9.17) is 27.9 Å². The Balaban J connectivity index is 1.43. The van der Waals surface area contributed by atoms with E-state index in [9.17, 15) is 4.79 Å². The van der Waals surface area contributed by atoms with Crippen molar-refractivity contribution in [1.82, 2.24) is 10.2 Å². The van der Waals surface area contributed by atoms with E-state index < -0.39 is 0 Å². The molecule has 7 heteroatoms. The van der Waals surface area contributed by atoms with Gasteiger partial charge in [0.25, 0.3) is 0 Å². The molecule has 1 N–H and O–H groups in total. The van der Waals surface area contributed by atoms with Gasteiger partial charge in [0.05, 0.1) is 16.9 Å². The van der Waals surface area contributed by atoms with E-state index >= 15 is 0 Å². The first kappa shape index (κ1) is 21.1. The molecule has 4 rings (SSSR count). The lowest BCUT2D eigenvalue weighted by molar-refractivity contribution is -0.126. The number of thiophene rings is 1. The summed E-state index contributed by atoms with van der Waals surface area (Å²) in [7, 11) is 1.70. The highest BCUT2D eigenvalue weighted by Crippen LogP contribution is 2.46. The standard InChI is InChI=1S/C22H26Cl2N2O2S/c1-25-21(27)17(12-15-4-2-3-5-18(15)23)14-26-9-7-22(8-10-26)20-16(6-11-28-22)13-19(24)29-20/h2-5,13,17H,6-12,14H2,1H3,(H,25,27)/t17-/m1/s1. The fourth-order valence-electron chi connectivity index (χ4n) is 4.54. The van der Waals surface area contributed by atoms with Crippen LogP contribution in [0.5, 0.6) is 0 Å². The quantitative estimate of drug-likeness (QED) is 0.724. The molecule has 2 aliphatic rings. The van der Waals surface area contributed by atoms with Gasteiger partial charge in [0.2, 0.25) is 5.91 Å². The van der Waals surface area contributed by atoms with Crippen LogP contribution in [-0.4, -0.2) is 44.1 Å². The summed E-state index contributed by atoms with van der Waals surface area (Å²) in [6.07, 6.45) is 3.45. The number of piperidine rings is 1. The molecule has 0 aliphatic carbocycles. The van der Waals surface area contributed by atoms with E-state index in [1.807, 2.05) is 24.3 Å². The summed E-state index contributed by atoms with van der Waals surface area (Å²) in [4.78, 5) is 16.2. The molecule has 156 valence electrons. The first-order chi connectivity index (χ1) is 14.0. The van der Waals surface area contributed by atoms with Crippen molar-refractivity contribution in [2.75, 3.05) is 33.3 Å². The third-order valence-electron chi connectivity index (χ3n) is 6.13. The zero-order valence-electron chi connectivity index (χ0n) is 16.5. The number of nitrogens with one attached hydrogen (secondary N) is 1. The maximum Gasteiger partial charge on any atom is 0.224 e. The Kier molecular flexibility index (Phi) is 6.52. The first-order valence-electron chi connectivity index (χ1n) is 10.1. The molecule has 2 aromatic rings. The Bertz CT molecular complexity index is 877. The van der Waals surface area contributed by atoms with Crippen molar-refractivity contribution < 1.29 is 9.53 Å². The van der Waals surface area contributed by atoms with E-state index in [-0.39, 0.29) is 17.4 Å². The number of fused-ring (bicyclic) bond motifs is 2. The number of hydrogen-bond acceptors (Lipinski definition) is 4. The number of hydrogen-bond donors (Lipinski definition) is 1. The molecule has 1 aromatic heterocycles. The van der Waals surface area contributed by atoms with Gasteiger partial charge in [-0.2, -0.15) is 0 Å². The lowest BCUT2D eigenvalue weighted by Gasteiger charge is -2.44. The van der Waals surface area contributed by atoms with E-state index in [0.29, 0.717) is 6.42 Å². The van der Waals surface area contributed by atoms with Gasteiger partial charge in [0.1, 0.15) is 5.60 Å². The van der Waals surface area contributed by atoms with Crippen molar-refractivity contribution in [1.29, 1.82) is 0 Å². The molecule has 2 aliphatic heterocycles. The first-order valence-corrected chi connectivity index (χ1v) is 11.7. The molecule has 4 nitrogen and oxygen atoms in total. The second-order valence-corrected chi connectivity index (χ2v) is 10.00. The number of ether oxygens (including phenoxy) is 1. The van der Waals surface area contributed by atoms with Crippen LogP contribution in [0.1, 0.15) is 28.8 Å². The Hall–Kier alpha value is -1.11. The molecular formula is C22H26Cl2N2O2S. The molecule has 0 saturated carbocycles. The van der Waals surface area contributed by atoms with Crippen LogP contribution >= 0.6 is 34.5 Å². The number of carbonyl (C=O) groups excluding carboxylic acids is 1. The number of nitrogens with zero attached hydrogens (tertiary/aromatic N) is 1. The fourth-order valence-corrected chi connectivity index (χ4v) is 6.26. The van der Waals surface area contributed by atoms with Crippen molar-refractivity contribution in [2.24, 2.45) is 5.92 Å². The van der Waals surface area contributed by atoms with Crippen LogP contribution in [0.4, 0.5) is 0 Å². The van der Waals surface area contributed by atoms with Crippen LogP contribution in [0.15, 0.2) is 30.3 Å². The van der Waals surface area contributed by atoms with Gasteiger partial charge in [0, 0.05) is 36.6 Å². The molecule has 0 bridgehead atoms. The van der Waals surface area contributed by atoms with Crippen molar-refractivity contribution in [3.63, 3.8) is 0 Å². The molecule has 29 heavy (non-hydrogen) atoms. The maximum atomic E-state index is 12.5. The fraction of sp³-hybridized carbons (Fsp3) is 0.500. The van der Waals surface area contributed by atoms with Gasteiger partial charge < -0.3 is 15.0 Å². The van der Waals surface area contributed by atoms with Crippen LogP contribution in [0.25, 0.3) is 0 Å². The Labute approximate surface area is 186 Å². The van der Waals surface area contributed by atoms with Crippen molar-refractivity contribution in [3.8, 4) is 0 Å². The molecule has 3 heterocycles. The smallest absolute Gasteiger partial charge is 0.224 e. The summed E-state index contributed by atoms with van der Waals surface area (Å²) in [6, 6.07) is 9.87. The summed E-state index contributed by atoms with van der Waals surface area (Å²) in [5, 5.41) is 3.54. The van der Waals surface area contributed by atoms with Crippen molar-refractivity contribution in [2.45, 2.75) is 31.3 Å². The third-order valence-corrected chi connectivity index (χ3v) is 7.99. The van der Waals surface area contributed by atoms with Crippen LogP contribution < -0.4 is 5.32 Å². The highest BCUT2D eigenvalue weighted by Gasteiger charge is 2.42. The highest BCUT2D eigenvalue weighted by molar-refractivity contribution is 7.16. The Morgan fingerprint density at radius 1 is 1.31 bits per heavy atom. The topological polar surface area (TPSA) is 41.6 Å². The van der Waals surface area contributed by atoms with E-state index in [0.717, 1.165) is 60.4 Å². The second-order valence-electron chi connectivity index (χ2n) is 7.90. The van der Waals surface area contributed by atoms with Crippen LogP contribution in [0.2, 0.25) is 9.36 Å². The number of carbonyl (C=O) groups is 1. The molecule has 0 radical (unpaired) electrons. The predicted molar refractivity (Wildman–Crippen MR) is 119 cm³/mol. The summed E-state index contributed by atoms with van der Waals surface area (Å²) in [5.74, 6) is -0.0700. The van der Waals surface area contributed by atoms with Crippen LogP contribution in [0.3, 0.4) is 0 Å². The summed E-state index contributed by atoms with van der Waals surface area (Å²) < 4.78 is 7.16. The molecule has 1 amide bonds. The highest BCUT2D eigenvalue weighted by atomic mass is 35.5. The number of rotatable bonds is 5. The van der Waals surface area contributed by atoms with E-state index in [1.165, 1.54) is 10.4 Å². The predicted octanol–water partition coefficient (Wildman–Crippen LogP) is 4.52. The second kappa shape index (κ2) is 8.94. The Morgan fingerprint density at radius 3 is 2.79 bits per heavy atom. The molecular weight excluding hydrogens is 427 g/mol. The van der Waals surface area contributed by atoms with E-state index in [1.54, 1.807) is 18.4 Å². The maximum absolute atomic E-state index is 12.5. The van der Waals surface area contributed by atoms with Crippen molar-refractivity contribution in [3.05, 3.63) is 55.7 Å². The van der Waals surface area contributed by atoms with Gasteiger partial charge in [-0.3, -0.25) is 4.79 Å². The number of halogens is 2. The van der Waals surface area contributed by atoms with E-state index in [2.05, 4.69) is 16.3 Å². The largest absolute Gasteiger partial charge is 0.369 e. The number of likely N-dealkylation sites (tertiary alicyclic amines) is 1. The summed E-state index contributed by atoms with van der Waals surface area (Å²) >= 11 is 14.3. The van der Waals surface area contributed by atoms with Crippen LogP contribution in [-0.2, 0) is 28.0 Å². The molecule has 1 aromatic carbocycles. The molecule has 1 saturated heterocycles. The molecule has 1 spiro atoms. The lowest BCUT2D eigenvalue weighted by Crippen LogP contribution is -2.48. The minimum atomic E-state index is -0.201. The summed E-state index contributed by atoms with van der Waals surface area (Å²) in [5.41, 5.74) is 2.17. The Morgan fingerprint density at radius 2 is 2.07 bits per heavy atom. The van der Waals surface area contributed by atoms with Gasteiger partial charge in [-0.15, -0.1) is 11.3 Å². The SMILES string of the molecule is CNC(=O)[C@H](Cc1ccccc1Cl)CN1CCC2(CC1)OCCc1cc(Cl)sc12. The zero-order valence-corrected chi connectivity index (χ0v) is 18.9. The lowest BCUT2D eigenvalue weighted by atomic mass is 9.85. The minimum absolute atomic E-state index is 0.0615. The molecule has 1 atom stereocenters. The van der Waals surface area contributed by atoms with Crippen molar-refractivity contribution >= 4 is 40.4 Å². The monoisotopic (exact) mass is 452 g/mol. The summed E-state index contributed by atoms with van der Waals surface area (Å²) in [6.45, 7) is 3.29. The average molecular weight is 453 g/mol. The average Bonchev–Trinajstić information content (AvgIpc) is 3.12. The molecule has 0 unspecified atom stereocenters. The number of amides is 1. The van der Waals surface area contributed by atoms with Gasteiger partial charge in [-0.25, -0.2) is 0 Å².